The van der Waals surface area contributed by atoms with Gasteiger partial charge in [0.25, 0.3) is 0 Å². The Labute approximate surface area is 222 Å². The first kappa shape index (κ1) is 27.5. The molecule has 2 aliphatic heterocycles. The molecule has 2 aromatic rings. The molecule has 0 saturated carbocycles. The Morgan fingerprint density at radius 3 is 1.39 bits per heavy atom. The maximum atomic E-state index is 14.1. The van der Waals surface area contributed by atoms with Crippen molar-refractivity contribution in [3.05, 3.63) is 71.8 Å². The van der Waals surface area contributed by atoms with Gasteiger partial charge in [0.1, 0.15) is 13.2 Å². The number of nitrogens with zero attached hydrogens (tertiary/aromatic N) is 2. The van der Waals surface area contributed by atoms with Crippen LogP contribution in [-0.4, -0.2) is 65.2 Å². The number of primary amides is 2. The lowest BCUT2D eigenvalue weighted by molar-refractivity contribution is -0.219. The molecular formula is C27H36N6O5. The van der Waals surface area contributed by atoms with Crippen LogP contribution in [0.2, 0.25) is 0 Å². The van der Waals surface area contributed by atoms with E-state index in [1.165, 1.54) is 10.1 Å². The Balaban J connectivity index is 1.53. The number of hydroxylamine groups is 4. The number of hydrogen-bond donors (Lipinski definition) is 4. The molecule has 11 nitrogen and oxygen atoms in total. The zero-order valence-electron chi connectivity index (χ0n) is 21.3. The van der Waals surface area contributed by atoms with Gasteiger partial charge in [-0.15, -0.1) is 0 Å². The first-order valence-electron chi connectivity index (χ1n) is 12.9. The number of benzene rings is 2. The van der Waals surface area contributed by atoms with Crippen molar-refractivity contribution in [2.75, 3.05) is 13.1 Å². The summed E-state index contributed by atoms with van der Waals surface area (Å²) in [5, 5.41) is 8.95. The molecule has 0 spiro atoms. The minimum Gasteiger partial charge on any atom is -0.368 e. The average Bonchev–Trinajstić information content (AvgIpc) is 2.95. The normalized spacial score (nSPS) is 23.4. The van der Waals surface area contributed by atoms with Crippen molar-refractivity contribution in [1.29, 1.82) is 0 Å². The second kappa shape index (κ2) is 13.3. The second-order valence-corrected chi connectivity index (χ2v) is 9.64. The molecule has 0 aromatic heterocycles. The van der Waals surface area contributed by atoms with Crippen LogP contribution in [0.1, 0.15) is 36.8 Å². The van der Waals surface area contributed by atoms with Gasteiger partial charge in [0.2, 0.25) is 11.8 Å². The van der Waals surface area contributed by atoms with Crippen LogP contribution < -0.4 is 22.1 Å². The lowest BCUT2D eigenvalue weighted by atomic mass is 9.99. The molecule has 6 N–H and O–H groups in total. The minimum absolute atomic E-state index is 0.182. The molecule has 0 radical (unpaired) electrons. The molecular weight excluding hydrogens is 488 g/mol. The highest BCUT2D eigenvalue weighted by molar-refractivity contribution is 5.80. The number of nitrogens with one attached hydrogen (secondary N) is 2. The van der Waals surface area contributed by atoms with Gasteiger partial charge in [-0.2, -0.15) is 10.1 Å². The third kappa shape index (κ3) is 7.29. The van der Waals surface area contributed by atoms with Crippen molar-refractivity contribution < 1.29 is 24.1 Å². The van der Waals surface area contributed by atoms with Crippen molar-refractivity contribution in [1.82, 2.24) is 20.8 Å². The largest absolute Gasteiger partial charge is 0.368 e. The van der Waals surface area contributed by atoms with Crippen molar-refractivity contribution in [2.45, 2.75) is 63.1 Å². The van der Waals surface area contributed by atoms with Crippen molar-refractivity contribution in [3.8, 4) is 0 Å². The van der Waals surface area contributed by atoms with Crippen molar-refractivity contribution in [3.63, 3.8) is 0 Å². The van der Waals surface area contributed by atoms with Gasteiger partial charge in [0, 0.05) is 13.1 Å². The lowest BCUT2D eigenvalue weighted by Gasteiger charge is -2.41. The summed E-state index contributed by atoms with van der Waals surface area (Å²) in [6.45, 7) is 1.05. The smallest absolute Gasteiger partial charge is 0.368 e. The molecule has 2 aliphatic rings. The van der Waals surface area contributed by atoms with E-state index in [-0.39, 0.29) is 25.3 Å². The molecule has 0 bridgehead atoms. The van der Waals surface area contributed by atoms with Crippen LogP contribution >= 0.6 is 0 Å². The highest BCUT2D eigenvalue weighted by Crippen LogP contribution is 2.23. The van der Waals surface area contributed by atoms with Crippen LogP contribution in [0.15, 0.2) is 60.7 Å². The van der Waals surface area contributed by atoms with E-state index in [1.54, 1.807) is 0 Å². The van der Waals surface area contributed by atoms with Gasteiger partial charge in [0.15, 0.2) is 0 Å². The quantitative estimate of drug-likeness (QED) is 0.341. The summed E-state index contributed by atoms with van der Waals surface area (Å²) < 4.78 is 0. The third-order valence-electron chi connectivity index (χ3n) is 6.93. The number of urea groups is 1. The van der Waals surface area contributed by atoms with Gasteiger partial charge in [-0.3, -0.25) is 19.3 Å². The van der Waals surface area contributed by atoms with Crippen LogP contribution in [0.3, 0.4) is 0 Å². The minimum atomic E-state index is -0.453. The van der Waals surface area contributed by atoms with Gasteiger partial charge >= 0.3 is 6.03 Å². The summed E-state index contributed by atoms with van der Waals surface area (Å²) >= 11 is 0. The molecule has 38 heavy (non-hydrogen) atoms. The molecule has 2 heterocycles. The van der Waals surface area contributed by atoms with E-state index in [2.05, 4.69) is 10.6 Å². The summed E-state index contributed by atoms with van der Waals surface area (Å²) in [5.41, 5.74) is 12.8. The predicted molar refractivity (Wildman–Crippen MR) is 140 cm³/mol. The van der Waals surface area contributed by atoms with Gasteiger partial charge in [-0.1, -0.05) is 60.7 Å². The Bertz CT molecular complexity index is 973. The monoisotopic (exact) mass is 524 g/mol. The summed E-state index contributed by atoms with van der Waals surface area (Å²) in [7, 11) is 0. The fourth-order valence-electron chi connectivity index (χ4n) is 4.74. The van der Waals surface area contributed by atoms with Crippen LogP contribution in [0.5, 0.6) is 0 Å². The first-order valence-corrected chi connectivity index (χ1v) is 12.9. The van der Waals surface area contributed by atoms with Crippen LogP contribution in [0.4, 0.5) is 4.79 Å². The molecule has 0 unspecified atom stereocenters. The van der Waals surface area contributed by atoms with Crippen LogP contribution in [-0.2, 0) is 32.5 Å². The molecule has 2 fully saturated rings. The second-order valence-electron chi connectivity index (χ2n) is 9.64. The van der Waals surface area contributed by atoms with Gasteiger partial charge in [-0.05, 0) is 36.8 Å². The Morgan fingerprint density at radius 1 is 0.684 bits per heavy atom. The standard InChI is InChI=1S/C27H36N6O5/c28-25(34)23-13-11-21(15-30-23)32(37-17-19-7-3-1-4-8-19)27(36)33(38-18-20-9-5-2-6-10-20)22-12-14-24(26(29)35)31-16-22/h1-10,21-24,30-31H,11-18H2,(H2,28,34)(H2,29,35)/t21-,22+,23+,24-. The van der Waals surface area contributed by atoms with E-state index in [1.807, 2.05) is 60.7 Å². The van der Waals surface area contributed by atoms with Crippen LogP contribution in [0, 0.1) is 0 Å². The molecule has 2 saturated heterocycles. The molecule has 204 valence electrons. The maximum absolute atomic E-state index is 14.1. The average molecular weight is 525 g/mol. The molecule has 4 atom stereocenters. The van der Waals surface area contributed by atoms with Gasteiger partial charge in [-0.25, -0.2) is 4.79 Å². The molecule has 11 heteroatoms. The van der Waals surface area contributed by atoms with E-state index in [0.717, 1.165) is 11.1 Å². The number of piperidine rings is 2. The third-order valence-corrected chi connectivity index (χ3v) is 6.93. The highest BCUT2D eigenvalue weighted by Gasteiger charge is 2.38. The summed E-state index contributed by atoms with van der Waals surface area (Å²) in [5.74, 6) is -0.840. The Morgan fingerprint density at radius 2 is 1.08 bits per heavy atom. The van der Waals surface area contributed by atoms with Gasteiger partial charge in [0.05, 0.1) is 24.2 Å². The van der Waals surface area contributed by atoms with Crippen molar-refractivity contribution in [2.24, 2.45) is 11.5 Å². The fraction of sp³-hybridized carbons (Fsp3) is 0.444. The van der Waals surface area contributed by atoms with E-state index >= 15 is 0 Å². The molecule has 4 amide bonds. The number of carbonyl (C=O) groups is 3. The molecule has 0 aliphatic carbocycles. The van der Waals surface area contributed by atoms with E-state index in [4.69, 9.17) is 21.1 Å². The zero-order chi connectivity index (χ0) is 26.9. The Kier molecular flexibility index (Phi) is 9.66. The first-order chi connectivity index (χ1) is 18.4. The summed E-state index contributed by atoms with van der Waals surface area (Å²) in [6, 6.07) is 17.1. The van der Waals surface area contributed by atoms with Crippen molar-refractivity contribution >= 4 is 17.8 Å². The Hall–Kier alpha value is -3.51. The SMILES string of the molecule is NC(=O)[C@@H]1CC[C@@H](N(OCc2ccccc2)C(=O)N(OCc2ccccc2)[C@H]2CC[C@H](C(N)=O)NC2)CN1. The topological polar surface area (TPSA) is 152 Å². The molecule has 2 aromatic carbocycles. The number of amides is 4. The highest BCUT2D eigenvalue weighted by atomic mass is 16.7. The number of nitrogens with two attached hydrogens (primary N) is 2. The van der Waals surface area contributed by atoms with E-state index < -0.39 is 29.9 Å². The summed E-state index contributed by atoms with van der Waals surface area (Å²) in [6.07, 6.45) is 2.02. The predicted octanol–water partition coefficient (Wildman–Crippen LogP) is 1.19. The fourth-order valence-corrected chi connectivity index (χ4v) is 4.74. The number of rotatable bonds is 10. The summed E-state index contributed by atoms with van der Waals surface area (Å²) in [4.78, 5) is 49.6. The molecule has 4 rings (SSSR count). The number of carbonyl (C=O) groups excluding carboxylic acids is 3. The van der Waals surface area contributed by atoms with Crippen LogP contribution in [0.25, 0.3) is 0 Å². The van der Waals surface area contributed by atoms with E-state index in [0.29, 0.717) is 38.8 Å². The lowest BCUT2D eigenvalue weighted by Crippen LogP contribution is -2.60. The maximum Gasteiger partial charge on any atom is 0.368 e. The zero-order valence-corrected chi connectivity index (χ0v) is 21.3. The van der Waals surface area contributed by atoms with Gasteiger partial charge < -0.3 is 22.1 Å². The van der Waals surface area contributed by atoms with E-state index in [9.17, 15) is 14.4 Å². The number of hydrogen-bond acceptors (Lipinski definition) is 7.